The summed E-state index contributed by atoms with van der Waals surface area (Å²) in [5, 5.41) is -0.196. The number of ether oxygens (including phenoxy) is 2. The molecule has 0 saturated heterocycles. The summed E-state index contributed by atoms with van der Waals surface area (Å²) in [4.78, 5) is 40.9. The van der Waals surface area contributed by atoms with Crippen LogP contribution in [0.4, 0.5) is 10.1 Å². The number of fused-ring (bicyclic) bond motifs is 1. The molecular weight excluding hydrogens is 507 g/mol. The van der Waals surface area contributed by atoms with E-state index in [9.17, 15) is 18.8 Å². The third kappa shape index (κ3) is 6.06. The first-order valence-electron chi connectivity index (χ1n) is 12.4. The smallest absolute Gasteiger partial charge is 0.271 e. The third-order valence-corrected chi connectivity index (χ3v) is 6.31. The summed E-state index contributed by atoms with van der Waals surface area (Å²) < 4.78 is 25.0. The van der Waals surface area contributed by atoms with Crippen molar-refractivity contribution in [3.63, 3.8) is 0 Å². The minimum absolute atomic E-state index is 0.0536. The molecule has 9 heteroatoms. The first-order chi connectivity index (χ1) is 18.4. The monoisotopic (exact) mass is 534 g/mol. The summed E-state index contributed by atoms with van der Waals surface area (Å²) in [5.41, 5.74) is 1.30. The molecule has 0 bridgehead atoms. The molecule has 0 saturated carbocycles. The van der Waals surface area contributed by atoms with Crippen molar-refractivity contribution in [1.29, 1.82) is 0 Å². The van der Waals surface area contributed by atoms with E-state index in [0.29, 0.717) is 34.7 Å². The minimum Gasteiger partial charge on any atom is -0.494 e. The van der Waals surface area contributed by atoms with Gasteiger partial charge in [-0.3, -0.25) is 19.3 Å². The van der Waals surface area contributed by atoms with Gasteiger partial charge in [-0.2, -0.15) is 0 Å². The Kier molecular flexibility index (Phi) is 8.81. The third-order valence-electron chi connectivity index (χ3n) is 6.01. The standard InChI is InChI=1S/C29H27FN2O5S/c1-2-3-6-18-36-23-15-9-20(10-16-23)26(33)32(22-13-11-21(30)12-14-22)29(38)37-19-17-31-27(34)24-7-4-5-8-25(24)28(31)35/h4-5,7-16H,2-3,6,17-19H2,1H3. The number of benzene rings is 3. The Bertz CT molecular complexity index is 1290. The molecule has 3 amide bonds. The molecule has 1 heterocycles. The Morgan fingerprint density at radius 2 is 1.53 bits per heavy atom. The first-order valence-corrected chi connectivity index (χ1v) is 12.8. The second-order valence-corrected chi connectivity index (χ2v) is 8.97. The zero-order valence-corrected chi connectivity index (χ0v) is 21.7. The van der Waals surface area contributed by atoms with Gasteiger partial charge in [0.25, 0.3) is 22.9 Å². The van der Waals surface area contributed by atoms with Gasteiger partial charge in [-0.15, -0.1) is 0 Å². The summed E-state index contributed by atoms with van der Waals surface area (Å²) in [6.07, 6.45) is 3.12. The van der Waals surface area contributed by atoms with Crippen molar-refractivity contribution in [2.75, 3.05) is 24.7 Å². The number of hydrogen-bond acceptors (Lipinski definition) is 6. The molecule has 4 rings (SSSR count). The van der Waals surface area contributed by atoms with Crippen molar-refractivity contribution in [2.45, 2.75) is 26.2 Å². The molecule has 0 aromatic heterocycles. The van der Waals surface area contributed by atoms with Gasteiger partial charge in [0.05, 0.1) is 30.0 Å². The lowest BCUT2D eigenvalue weighted by Crippen LogP contribution is -2.39. The number of nitrogens with zero attached hydrogens (tertiary/aromatic N) is 2. The van der Waals surface area contributed by atoms with Crippen LogP contribution in [0.1, 0.15) is 57.3 Å². The van der Waals surface area contributed by atoms with E-state index in [-0.39, 0.29) is 18.3 Å². The van der Waals surface area contributed by atoms with Crippen molar-refractivity contribution in [2.24, 2.45) is 0 Å². The van der Waals surface area contributed by atoms with Gasteiger partial charge in [0, 0.05) is 5.56 Å². The zero-order valence-electron chi connectivity index (χ0n) is 20.9. The molecule has 0 atom stereocenters. The molecule has 0 unspecified atom stereocenters. The van der Waals surface area contributed by atoms with E-state index in [1.807, 2.05) is 0 Å². The number of unbranched alkanes of at least 4 members (excludes halogenated alkanes) is 2. The molecule has 0 spiro atoms. The Morgan fingerprint density at radius 3 is 2.13 bits per heavy atom. The van der Waals surface area contributed by atoms with E-state index in [2.05, 4.69) is 6.92 Å². The molecular formula is C29H27FN2O5S. The fourth-order valence-electron chi connectivity index (χ4n) is 3.99. The van der Waals surface area contributed by atoms with Crippen LogP contribution in [0, 0.1) is 5.82 Å². The molecule has 196 valence electrons. The maximum absolute atomic E-state index is 13.6. The molecule has 0 N–H and O–H groups in total. The van der Waals surface area contributed by atoms with Crippen LogP contribution < -0.4 is 9.64 Å². The lowest BCUT2D eigenvalue weighted by molar-refractivity contribution is 0.0627. The highest BCUT2D eigenvalue weighted by molar-refractivity contribution is 7.80. The number of carbonyl (C=O) groups is 3. The molecule has 0 radical (unpaired) electrons. The highest BCUT2D eigenvalue weighted by Crippen LogP contribution is 2.23. The van der Waals surface area contributed by atoms with Gasteiger partial charge in [-0.05, 0) is 79.3 Å². The van der Waals surface area contributed by atoms with Gasteiger partial charge in [0.1, 0.15) is 18.2 Å². The van der Waals surface area contributed by atoms with Crippen LogP contribution in [-0.4, -0.2) is 47.6 Å². The lowest BCUT2D eigenvalue weighted by Gasteiger charge is -2.24. The van der Waals surface area contributed by atoms with Crippen LogP contribution >= 0.6 is 12.2 Å². The van der Waals surface area contributed by atoms with E-state index < -0.39 is 23.5 Å². The molecule has 3 aromatic rings. The van der Waals surface area contributed by atoms with Crippen molar-refractivity contribution in [3.8, 4) is 5.75 Å². The average Bonchev–Trinajstić information content (AvgIpc) is 3.17. The first kappa shape index (κ1) is 26.9. The number of amides is 3. The van der Waals surface area contributed by atoms with Crippen LogP contribution in [0.5, 0.6) is 5.75 Å². The predicted octanol–water partition coefficient (Wildman–Crippen LogP) is 5.64. The number of carbonyl (C=O) groups excluding carboxylic acids is 3. The summed E-state index contributed by atoms with van der Waals surface area (Å²) in [5.74, 6) is -1.14. The van der Waals surface area contributed by atoms with E-state index >= 15 is 0 Å². The quantitative estimate of drug-likeness (QED) is 0.190. The van der Waals surface area contributed by atoms with Crippen LogP contribution in [0.15, 0.2) is 72.8 Å². The number of halogens is 1. The normalized spacial score (nSPS) is 12.3. The summed E-state index contributed by atoms with van der Waals surface area (Å²) >= 11 is 5.42. The molecule has 7 nitrogen and oxygen atoms in total. The molecule has 0 aliphatic carbocycles. The topological polar surface area (TPSA) is 76.2 Å². The maximum atomic E-state index is 13.6. The fraction of sp³-hybridized carbons (Fsp3) is 0.241. The van der Waals surface area contributed by atoms with E-state index in [1.165, 1.54) is 24.3 Å². The van der Waals surface area contributed by atoms with Gasteiger partial charge in [0.2, 0.25) is 0 Å². The summed E-state index contributed by atoms with van der Waals surface area (Å²) in [6.45, 7) is 2.53. The van der Waals surface area contributed by atoms with Gasteiger partial charge < -0.3 is 9.47 Å². The largest absolute Gasteiger partial charge is 0.494 e. The van der Waals surface area contributed by atoms with Crippen LogP contribution in [0.25, 0.3) is 0 Å². The fourth-order valence-corrected chi connectivity index (χ4v) is 4.26. The average molecular weight is 535 g/mol. The second kappa shape index (κ2) is 12.4. The number of hydrogen-bond donors (Lipinski definition) is 0. The van der Waals surface area contributed by atoms with E-state index in [1.54, 1.807) is 48.5 Å². The van der Waals surface area contributed by atoms with Crippen molar-refractivity contribution in [1.82, 2.24) is 4.90 Å². The van der Waals surface area contributed by atoms with Crippen LogP contribution in [0.3, 0.4) is 0 Å². The maximum Gasteiger partial charge on any atom is 0.271 e. The van der Waals surface area contributed by atoms with Crippen molar-refractivity contribution in [3.05, 3.63) is 95.3 Å². The number of rotatable bonds is 10. The zero-order chi connectivity index (χ0) is 27.1. The molecule has 3 aromatic carbocycles. The van der Waals surface area contributed by atoms with Gasteiger partial charge in [-0.25, -0.2) is 9.29 Å². The molecule has 1 aliphatic rings. The Labute approximate surface area is 225 Å². The number of anilines is 1. The van der Waals surface area contributed by atoms with Crippen LogP contribution in [-0.2, 0) is 4.74 Å². The number of thiocarbonyl (C=S) groups is 1. The Hall–Kier alpha value is -4.11. The van der Waals surface area contributed by atoms with Crippen LogP contribution in [0.2, 0.25) is 0 Å². The minimum atomic E-state index is -0.486. The van der Waals surface area contributed by atoms with E-state index in [0.717, 1.165) is 29.1 Å². The summed E-state index contributed by atoms with van der Waals surface area (Å²) in [7, 11) is 0. The van der Waals surface area contributed by atoms with Gasteiger partial charge in [-0.1, -0.05) is 31.9 Å². The second-order valence-electron chi connectivity index (χ2n) is 8.62. The highest BCUT2D eigenvalue weighted by Gasteiger charge is 2.35. The SMILES string of the molecule is CCCCCOc1ccc(C(=O)N(C(=S)OCCN2C(=O)c3ccccc3C2=O)c2ccc(F)cc2)cc1. The lowest BCUT2D eigenvalue weighted by atomic mass is 10.1. The van der Waals surface area contributed by atoms with Crippen molar-refractivity contribution < 1.29 is 28.2 Å². The van der Waals surface area contributed by atoms with E-state index in [4.69, 9.17) is 21.7 Å². The molecule has 38 heavy (non-hydrogen) atoms. The van der Waals surface area contributed by atoms with Gasteiger partial charge in [0.15, 0.2) is 0 Å². The highest BCUT2D eigenvalue weighted by atomic mass is 32.1. The molecule has 0 fully saturated rings. The Balaban J connectivity index is 1.44. The number of imide groups is 1. The molecule has 1 aliphatic heterocycles. The van der Waals surface area contributed by atoms with Crippen molar-refractivity contribution >= 4 is 40.8 Å². The summed E-state index contributed by atoms with van der Waals surface area (Å²) in [6, 6.07) is 18.5. The van der Waals surface area contributed by atoms with Gasteiger partial charge >= 0.3 is 0 Å². The Morgan fingerprint density at radius 1 is 0.895 bits per heavy atom. The predicted molar refractivity (Wildman–Crippen MR) is 145 cm³/mol.